The highest BCUT2D eigenvalue weighted by Gasteiger charge is 2.07. The predicted octanol–water partition coefficient (Wildman–Crippen LogP) is 1.72. The molecule has 0 saturated carbocycles. The molecule has 6 heteroatoms. The molecule has 0 fully saturated rings. The monoisotopic (exact) mass is 294 g/mol. The van der Waals surface area contributed by atoms with Gasteiger partial charge in [0, 0.05) is 17.6 Å². The molecule has 0 aliphatic heterocycles. The standard InChI is InChI=1S/C14H15FN2O2S/c1-10-9-20-14(19)17(10)8-13(18)16-6-5-11-3-2-4-12(15)7-11/h2-4,7,9H,5-6,8H2,1H3,(H,16,18). The number of hydrogen-bond acceptors (Lipinski definition) is 3. The number of rotatable bonds is 5. The molecule has 1 amide bonds. The molecule has 0 unspecified atom stereocenters. The lowest BCUT2D eigenvalue weighted by Gasteiger charge is -2.07. The van der Waals surface area contributed by atoms with Gasteiger partial charge in [0.2, 0.25) is 5.91 Å². The highest BCUT2D eigenvalue weighted by atomic mass is 32.1. The van der Waals surface area contributed by atoms with E-state index in [1.807, 2.05) is 6.07 Å². The summed E-state index contributed by atoms with van der Waals surface area (Å²) in [5, 5.41) is 4.45. The zero-order chi connectivity index (χ0) is 14.5. The van der Waals surface area contributed by atoms with E-state index in [0.29, 0.717) is 13.0 Å². The van der Waals surface area contributed by atoms with Crippen LogP contribution in [-0.4, -0.2) is 17.0 Å². The van der Waals surface area contributed by atoms with Crippen molar-refractivity contribution in [1.29, 1.82) is 0 Å². The summed E-state index contributed by atoms with van der Waals surface area (Å²) >= 11 is 1.08. The fourth-order valence-electron chi connectivity index (χ4n) is 1.83. The van der Waals surface area contributed by atoms with Gasteiger partial charge in [-0.25, -0.2) is 4.39 Å². The molecule has 0 spiro atoms. The minimum Gasteiger partial charge on any atom is -0.354 e. The second-order valence-electron chi connectivity index (χ2n) is 4.46. The summed E-state index contributed by atoms with van der Waals surface area (Å²) in [5.74, 6) is -0.501. The molecule has 0 bridgehead atoms. The Morgan fingerprint density at radius 1 is 1.45 bits per heavy atom. The lowest BCUT2D eigenvalue weighted by atomic mass is 10.1. The molecular weight excluding hydrogens is 279 g/mol. The van der Waals surface area contributed by atoms with Gasteiger partial charge in [-0.15, -0.1) is 0 Å². The van der Waals surface area contributed by atoms with Gasteiger partial charge in [0.1, 0.15) is 12.4 Å². The molecule has 0 aliphatic carbocycles. The van der Waals surface area contributed by atoms with Crippen LogP contribution >= 0.6 is 11.3 Å². The van der Waals surface area contributed by atoms with E-state index in [2.05, 4.69) is 5.32 Å². The summed E-state index contributed by atoms with van der Waals surface area (Å²) in [7, 11) is 0. The minimum absolute atomic E-state index is 0.0251. The summed E-state index contributed by atoms with van der Waals surface area (Å²) < 4.78 is 14.4. The molecule has 1 aromatic heterocycles. The number of thiazole rings is 1. The van der Waals surface area contributed by atoms with Gasteiger partial charge in [0.15, 0.2) is 0 Å². The van der Waals surface area contributed by atoms with Crippen LogP contribution in [0.1, 0.15) is 11.3 Å². The number of amides is 1. The lowest BCUT2D eigenvalue weighted by Crippen LogP contribution is -2.32. The Balaban J connectivity index is 1.83. The molecule has 0 saturated heterocycles. The van der Waals surface area contributed by atoms with Gasteiger partial charge in [0.05, 0.1) is 0 Å². The van der Waals surface area contributed by atoms with Gasteiger partial charge in [-0.1, -0.05) is 23.5 Å². The second-order valence-corrected chi connectivity index (χ2v) is 5.28. The van der Waals surface area contributed by atoms with Crippen LogP contribution in [0.4, 0.5) is 4.39 Å². The fourth-order valence-corrected chi connectivity index (χ4v) is 2.57. The van der Waals surface area contributed by atoms with Crippen molar-refractivity contribution < 1.29 is 9.18 Å². The van der Waals surface area contributed by atoms with E-state index in [1.54, 1.807) is 18.4 Å². The van der Waals surface area contributed by atoms with Crippen molar-refractivity contribution in [3.63, 3.8) is 0 Å². The van der Waals surface area contributed by atoms with E-state index >= 15 is 0 Å². The molecular formula is C14H15FN2O2S. The maximum Gasteiger partial charge on any atom is 0.307 e. The van der Waals surface area contributed by atoms with Crippen molar-refractivity contribution >= 4 is 17.2 Å². The van der Waals surface area contributed by atoms with Crippen molar-refractivity contribution in [3.05, 3.63) is 56.4 Å². The van der Waals surface area contributed by atoms with E-state index in [4.69, 9.17) is 0 Å². The lowest BCUT2D eigenvalue weighted by molar-refractivity contribution is -0.121. The zero-order valence-electron chi connectivity index (χ0n) is 11.1. The van der Waals surface area contributed by atoms with E-state index in [-0.39, 0.29) is 23.1 Å². The van der Waals surface area contributed by atoms with Crippen LogP contribution in [0.15, 0.2) is 34.4 Å². The van der Waals surface area contributed by atoms with E-state index in [9.17, 15) is 14.0 Å². The molecule has 1 heterocycles. The number of carbonyl (C=O) groups excluding carboxylic acids is 1. The largest absolute Gasteiger partial charge is 0.354 e. The number of aryl methyl sites for hydroxylation is 1. The topological polar surface area (TPSA) is 51.1 Å². The first-order valence-corrected chi connectivity index (χ1v) is 7.10. The van der Waals surface area contributed by atoms with Gasteiger partial charge in [-0.3, -0.25) is 14.2 Å². The zero-order valence-corrected chi connectivity index (χ0v) is 11.9. The van der Waals surface area contributed by atoms with Crippen LogP contribution in [0.5, 0.6) is 0 Å². The molecule has 1 aromatic carbocycles. The number of halogens is 1. The third-order valence-electron chi connectivity index (χ3n) is 2.90. The highest BCUT2D eigenvalue weighted by Crippen LogP contribution is 2.03. The van der Waals surface area contributed by atoms with Gasteiger partial charge in [-0.2, -0.15) is 0 Å². The summed E-state index contributed by atoms with van der Waals surface area (Å²) in [6.45, 7) is 2.23. The fraction of sp³-hybridized carbons (Fsp3) is 0.286. The van der Waals surface area contributed by atoms with Crippen molar-refractivity contribution in [3.8, 4) is 0 Å². The second kappa shape index (κ2) is 6.47. The number of benzene rings is 1. The first-order valence-electron chi connectivity index (χ1n) is 6.22. The minimum atomic E-state index is -0.283. The van der Waals surface area contributed by atoms with E-state index in [1.165, 1.54) is 16.7 Å². The van der Waals surface area contributed by atoms with Gasteiger partial charge >= 0.3 is 4.87 Å². The van der Waals surface area contributed by atoms with Crippen LogP contribution in [0.3, 0.4) is 0 Å². The number of nitrogens with one attached hydrogen (secondary N) is 1. The van der Waals surface area contributed by atoms with E-state index < -0.39 is 0 Å². The number of carbonyl (C=O) groups is 1. The number of aromatic nitrogens is 1. The third kappa shape index (κ3) is 3.77. The Kier molecular flexibility index (Phi) is 4.68. The first kappa shape index (κ1) is 14.5. The highest BCUT2D eigenvalue weighted by molar-refractivity contribution is 7.07. The van der Waals surface area contributed by atoms with Crippen LogP contribution in [-0.2, 0) is 17.8 Å². The Morgan fingerprint density at radius 3 is 2.90 bits per heavy atom. The summed E-state index contributed by atoms with van der Waals surface area (Å²) in [4.78, 5) is 23.1. The average Bonchev–Trinajstić information content (AvgIpc) is 2.71. The quantitative estimate of drug-likeness (QED) is 0.913. The van der Waals surface area contributed by atoms with Crippen molar-refractivity contribution in [2.24, 2.45) is 0 Å². The first-order chi connectivity index (χ1) is 9.56. The van der Waals surface area contributed by atoms with Crippen molar-refractivity contribution in [2.45, 2.75) is 19.9 Å². The Labute approximate surface area is 119 Å². The molecule has 0 atom stereocenters. The molecule has 20 heavy (non-hydrogen) atoms. The maximum absolute atomic E-state index is 13.0. The van der Waals surface area contributed by atoms with Crippen molar-refractivity contribution in [1.82, 2.24) is 9.88 Å². The molecule has 0 radical (unpaired) electrons. The molecule has 0 aliphatic rings. The maximum atomic E-state index is 13.0. The third-order valence-corrected chi connectivity index (χ3v) is 3.78. The Morgan fingerprint density at radius 2 is 2.25 bits per heavy atom. The van der Waals surface area contributed by atoms with Gasteiger partial charge in [0.25, 0.3) is 0 Å². The molecule has 1 N–H and O–H groups in total. The van der Waals surface area contributed by atoms with Crippen LogP contribution in [0.25, 0.3) is 0 Å². The molecule has 2 rings (SSSR count). The van der Waals surface area contributed by atoms with E-state index in [0.717, 1.165) is 22.6 Å². The molecule has 106 valence electrons. The number of hydrogen-bond donors (Lipinski definition) is 1. The van der Waals surface area contributed by atoms with Crippen LogP contribution in [0, 0.1) is 12.7 Å². The molecule has 4 nitrogen and oxygen atoms in total. The van der Waals surface area contributed by atoms with Gasteiger partial charge < -0.3 is 5.32 Å². The summed E-state index contributed by atoms with van der Waals surface area (Å²) in [6, 6.07) is 6.27. The van der Waals surface area contributed by atoms with Crippen LogP contribution in [0.2, 0.25) is 0 Å². The Bertz CT molecular complexity index is 663. The van der Waals surface area contributed by atoms with Crippen molar-refractivity contribution in [2.75, 3.05) is 6.54 Å². The normalized spacial score (nSPS) is 10.5. The van der Waals surface area contributed by atoms with Crippen LogP contribution < -0.4 is 10.2 Å². The Hall–Kier alpha value is -1.95. The smallest absolute Gasteiger partial charge is 0.307 e. The van der Waals surface area contributed by atoms with Gasteiger partial charge in [-0.05, 0) is 31.0 Å². The summed E-state index contributed by atoms with van der Waals surface area (Å²) in [6.07, 6.45) is 0.557. The predicted molar refractivity (Wildman–Crippen MR) is 76.4 cm³/mol. The summed E-state index contributed by atoms with van der Waals surface area (Å²) in [5.41, 5.74) is 1.61. The SMILES string of the molecule is Cc1csc(=O)n1CC(=O)NCCc1cccc(F)c1. The average molecular weight is 294 g/mol. The number of nitrogens with zero attached hydrogens (tertiary/aromatic N) is 1. The molecule has 2 aromatic rings.